The maximum Gasteiger partial charge on any atom is 0.130 e. The Balaban J connectivity index is 1.68. The minimum absolute atomic E-state index is 0.457. The van der Waals surface area contributed by atoms with Crippen LogP contribution in [0.3, 0.4) is 0 Å². The predicted molar refractivity (Wildman–Crippen MR) is 71.3 cm³/mol. The third-order valence-corrected chi connectivity index (χ3v) is 3.77. The van der Waals surface area contributed by atoms with Crippen LogP contribution in [0.5, 0.6) is 0 Å². The van der Waals surface area contributed by atoms with Crippen LogP contribution in [-0.2, 0) is 17.9 Å². The molecular formula is C14H24N2O2. The molecule has 0 aromatic carbocycles. The van der Waals surface area contributed by atoms with Crippen molar-refractivity contribution < 1.29 is 9.15 Å². The fourth-order valence-corrected chi connectivity index (χ4v) is 2.60. The molecule has 1 atom stereocenters. The number of furan rings is 1. The highest BCUT2D eigenvalue weighted by Crippen LogP contribution is 2.18. The van der Waals surface area contributed by atoms with Crippen molar-refractivity contribution in [2.75, 3.05) is 20.2 Å². The van der Waals surface area contributed by atoms with Crippen molar-refractivity contribution in [2.45, 2.75) is 45.4 Å². The molecule has 1 aliphatic heterocycles. The summed E-state index contributed by atoms with van der Waals surface area (Å²) in [6.45, 7) is 5.05. The summed E-state index contributed by atoms with van der Waals surface area (Å²) in [5.41, 5.74) is 6.69. The third kappa shape index (κ3) is 3.34. The fraction of sp³-hybridized carbons (Fsp3) is 0.714. The van der Waals surface area contributed by atoms with E-state index in [1.165, 1.54) is 19.4 Å². The SMILES string of the molecule is Cc1cc(COCCC2CCCN2C)oc1CN. The Bertz CT molecular complexity index is 376. The van der Waals surface area contributed by atoms with Gasteiger partial charge in [-0.1, -0.05) is 0 Å². The van der Waals surface area contributed by atoms with E-state index in [0.717, 1.165) is 30.1 Å². The average Bonchev–Trinajstić information content (AvgIpc) is 2.91. The number of aryl methyl sites for hydroxylation is 1. The Labute approximate surface area is 109 Å². The van der Waals surface area contributed by atoms with E-state index in [9.17, 15) is 0 Å². The highest BCUT2D eigenvalue weighted by atomic mass is 16.5. The quantitative estimate of drug-likeness (QED) is 0.787. The monoisotopic (exact) mass is 252 g/mol. The van der Waals surface area contributed by atoms with Gasteiger partial charge in [0.1, 0.15) is 18.1 Å². The van der Waals surface area contributed by atoms with Gasteiger partial charge in [-0.3, -0.25) is 0 Å². The summed E-state index contributed by atoms with van der Waals surface area (Å²) in [4.78, 5) is 2.42. The molecule has 0 radical (unpaired) electrons. The lowest BCUT2D eigenvalue weighted by Crippen LogP contribution is -2.26. The zero-order chi connectivity index (χ0) is 13.0. The average molecular weight is 252 g/mol. The minimum Gasteiger partial charge on any atom is -0.462 e. The molecule has 2 rings (SSSR count). The van der Waals surface area contributed by atoms with E-state index in [2.05, 4.69) is 11.9 Å². The summed E-state index contributed by atoms with van der Waals surface area (Å²) in [5, 5.41) is 0. The lowest BCUT2D eigenvalue weighted by atomic mass is 10.1. The molecule has 4 heteroatoms. The molecule has 0 saturated carbocycles. The topological polar surface area (TPSA) is 51.6 Å². The van der Waals surface area contributed by atoms with Gasteiger partial charge in [0.25, 0.3) is 0 Å². The van der Waals surface area contributed by atoms with Crippen LogP contribution < -0.4 is 5.73 Å². The molecule has 18 heavy (non-hydrogen) atoms. The Hall–Kier alpha value is -0.840. The molecule has 1 unspecified atom stereocenters. The molecule has 1 saturated heterocycles. The lowest BCUT2D eigenvalue weighted by Gasteiger charge is -2.18. The van der Waals surface area contributed by atoms with E-state index in [1.54, 1.807) is 0 Å². The van der Waals surface area contributed by atoms with Gasteiger partial charge in [-0.05, 0) is 51.4 Å². The fourth-order valence-electron chi connectivity index (χ4n) is 2.60. The van der Waals surface area contributed by atoms with E-state index in [1.807, 2.05) is 13.0 Å². The van der Waals surface area contributed by atoms with Crippen LogP contribution >= 0.6 is 0 Å². The normalized spacial score (nSPS) is 20.7. The van der Waals surface area contributed by atoms with Gasteiger partial charge in [-0.2, -0.15) is 0 Å². The summed E-state index contributed by atoms with van der Waals surface area (Å²) in [6, 6.07) is 2.71. The molecular weight excluding hydrogens is 228 g/mol. The van der Waals surface area contributed by atoms with E-state index >= 15 is 0 Å². The number of ether oxygens (including phenoxy) is 1. The van der Waals surface area contributed by atoms with Crippen molar-refractivity contribution in [3.05, 3.63) is 23.2 Å². The van der Waals surface area contributed by atoms with Crippen molar-refractivity contribution in [1.82, 2.24) is 4.90 Å². The number of likely N-dealkylation sites (tertiary alicyclic amines) is 1. The van der Waals surface area contributed by atoms with Crippen molar-refractivity contribution in [1.29, 1.82) is 0 Å². The summed E-state index contributed by atoms with van der Waals surface area (Å²) in [6.07, 6.45) is 3.73. The molecule has 2 N–H and O–H groups in total. The van der Waals surface area contributed by atoms with Crippen molar-refractivity contribution >= 4 is 0 Å². The number of hydrogen-bond donors (Lipinski definition) is 1. The Kier molecular flexibility index (Phi) is 4.80. The Morgan fingerprint density at radius 3 is 3.00 bits per heavy atom. The van der Waals surface area contributed by atoms with Gasteiger partial charge in [0.2, 0.25) is 0 Å². The first-order valence-corrected chi connectivity index (χ1v) is 6.77. The van der Waals surface area contributed by atoms with E-state index in [4.69, 9.17) is 14.9 Å². The molecule has 2 heterocycles. The molecule has 0 bridgehead atoms. The number of hydrogen-bond acceptors (Lipinski definition) is 4. The first kappa shape index (κ1) is 13.6. The van der Waals surface area contributed by atoms with Gasteiger partial charge in [0.15, 0.2) is 0 Å². The molecule has 0 amide bonds. The van der Waals surface area contributed by atoms with Gasteiger partial charge in [0.05, 0.1) is 6.54 Å². The minimum atomic E-state index is 0.457. The highest BCUT2D eigenvalue weighted by Gasteiger charge is 2.20. The van der Waals surface area contributed by atoms with Crippen molar-refractivity contribution in [3.8, 4) is 0 Å². The van der Waals surface area contributed by atoms with Crippen LogP contribution in [0, 0.1) is 6.92 Å². The second-order valence-corrected chi connectivity index (χ2v) is 5.14. The molecule has 0 aliphatic carbocycles. The summed E-state index contributed by atoms with van der Waals surface area (Å²) in [5.74, 6) is 1.75. The van der Waals surface area contributed by atoms with E-state index in [-0.39, 0.29) is 0 Å². The van der Waals surface area contributed by atoms with Crippen LogP contribution in [-0.4, -0.2) is 31.1 Å². The third-order valence-electron chi connectivity index (χ3n) is 3.77. The maximum atomic E-state index is 5.68. The van der Waals surface area contributed by atoms with Gasteiger partial charge < -0.3 is 19.8 Å². The second kappa shape index (κ2) is 6.36. The van der Waals surface area contributed by atoms with E-state index in [0.29, 0.717) is 19.2 Å². The van der Waals surface area contributed by atoms with Crippen molar-refractivity contribution in [3.63, 3.8) is 0 Å². The van der Waals surface area contributed by atoms with Gasteiger partial charge in [-0.15, -0.1) is 0 Å². The highest BCUT2D eigenvalue weighted by molar-refractivity contribution is 5.19. The molecule has 4 nitrogen and oxygen atoms in total. The zero-order valence-corrected chi connectivity index (χ0v) is 11.4. The molecule has 0 spiro atoms. The van der Waals surface area contributed by atoms with Crippen LogP contribution in [0.15, 0.2) is 10.5 Å². The van der Waals surface area contributed by atoms with Crippen LogP contribution in [0.2, 0.25) is 0 Å². The number of nitrogens with two attached hydrogens (primary N) is 1. The molecule has 1 aromatic heterocycles. The van der Waals surface area contributed by atoms with Crippen LogP contribution in [0.4, 0.5) is 0 Å². The Morgan fingerprint density at radius 1 is 1.56 bits per heavy atom. The second-order valence-electron chi connectivity index (χ2n) is 5.14. The first-order valence-electron chi connectivity index (χ1n) is 6.77. The van der Waals surface area contributed by atoms with Gasteiger partial charge in [0, 0.05) is 12.6 Å². The van der Waals surface area contributed by atoms with E-state index < -0.39 is 0 Å². The summed E-state index contributed by atoms with van der Waals surface area (Å²) >= 11 is 0. The standard InChI is InChI=1S/C14H24N2O2/c1-11-8-13(18-14(11)9-15)10-17-7-5-12-4-3-6-16(12)2/h8,12H,3-7,9-10,15H2,1-2H3. The zero-order valence-electron chi connectivity index (χ0n) is 11.4. The molecule has 1 aromatic rings. The predicted octanol–water partition coefficient (Wildman–Crippen LogP) is 2.05. The Morgan fingerprint density at radius 2 is 2.39 bits per heavy atom. The molecule has 102 valence electrons. The number of rotatable bonds is 6. The summed E-state index contributed by atoms with van der Waals surface area (Å²) < 4.78 is 11.3. The smallest absolute Gasteiger partial charge is 0.130 e. The lowest BCUT2D eigenvalue weighted by molar-refractivity contribution is 0.0887. The van der Waals surface area contributed by atoms with Crippen molar-refractivity contribution in [2.24, 2.45) is 5.73 Å². The molecule has 1 fully saturated rings. The maximum absolute atomic E-state index is 5.68. The van der Waals surface area contributed by atoms with Gasteiger partial charge in [-0.25, -0.2) is 0 Å². The summed E-state index contributed by atoms with van der Waals surface area (Å²) in [7, 11) is 2.20. The molecule has 1 aliphatic rings. The first-order chi connectivity index (χ1) is 8.70. The largest absolute Gasteiger partial charge is 0.462 e. The number of nitrogens with zero attached hydrogens (tertiary/aromatic N) is 1. The van der Waals surface area contributed by atoms with Gasteiger partial charge >= 0.3 is 0 Å². The van der Waals surface area contributed by atoms with Crippen LogP contribution in [0.25, 0.3) is 0 Å². The van der Waals surface area contributed by atoms with Crippen LogP contribution in [0.1, 0.15) is 36.3 Å².